The predicted octanol–water partition coefficient (Wildman–Crippen LogP) is 1.65. The molecule has 108 valence electrons. The van der Waals surface area contributed by atoms with E-state index in [1.807, 2.05) is 20.8 Å². The molecule has 0 spiro atoms. The molecule has 5 heteroatoms. The Balaban J connectivity index is 2.49. The molecule has 5 nitrogen and oxygen atoms in total. The highest BCUT2D eigenvalue weighted by atomic mass is 16.3. The third-order valence-electron chi connectivity index (χ3n) is 3.30. The van der Waals surface area contributed by atoms with Crippen LogP contribution in [0.15, 0.2) is 29.1 Å². The summed E-state index contributed by atoms with van der Waals surface area (Å²) in [5.74, 6) is -0.00174. The number of phenolic OH excluding ortho intramolecular Hbond substituents is 1. The molecule has 2 atom stereocenters. The van der Waals surface area contributed by atoms with Gasteiger partial charge in [0.1, 0.15) is 5.75 Å². The van der Waals surface area contributed by atoms with E-state index in [1.54, 1.807) is 12.1 Å². The Morgan fingerprint density at radius 2 is 1.85 bits per heavy atom. The molecule has 2 rings (SSSR count). The summed E-state index contributed by atoms with van der Waals surface area (Å²) in [5, 5.41) is 24.2. The van der Waals surface area contributed by atoms with Gasteiger partial charge in [0.2, 0.25) is 5.56 Å². The molecule has 0 aliphatic carbocycles. The number of aliphatic hydroxyl groups is 1. The van der Waals surface area contributed by atoms with Gasteiger partial charge in [-0.15, -0.1) is 0 Å². The second-order valence-electron chi connectivity index (χ2n) is 5.34. The summed E-state index contributed by atoms with van der Waals surface area (Å²) in [6, 6.07) is 6.28. The second kappa shape index (κ2) is 5.64. The lowest BCUT2D eigenvalue weighted by molar-refractivity contribution is 0.133. The maximum atomic E-state index is 11.4. The molecule has 0 radical (unpaired) electrons. The maximum absolute atomic E-state index is 11.4. The number of rotatable bonds is 4. The summed E-state index contributed by atoms with van der Waals surface area (Å²) in [6.45, 7) is 5.92. The second-order valence-corrected chi connectivity index (χ2v) is 5.34. The van der Waals surface area contributed by atoms with Crippen LogP contribution >= 0.6 is 0 Å². The minimum absolute atomic E-state index is 0.00174. The predicted molar refractivity (Wildman–Crippen MR) is 78.9 cm³/mol. The molecule has 2 aromatic rings. The minimum atomic E-state index is -0.730. The fourth-order valence-corrected chi connectivity index (χ4v) is 2.40. The van der Waals surface area contributed by atoms with Crippen LogP contribution in [0.5, 0.6) is 5.75 Å². The number of hydrogen-bond acceptors (Lipinski definition) is 4. The van der Waals surface area contributed by atoms with Crippen LogP contribution in [0.2, 0.25) is 0 Å². The van der Waals surface area contributed by atoms with E-state index in [1.165, 1.54) is 12.1 Å². The number of aromatic nitrogens is 1. The van der Waals surface area contributed by atoms with Crippen molar-refractivity contribution in [3.63, 3.8) is 0 Å². The van der Waals surface area contributed by atoms with Gasteiger partial charge in [-0.3, -0.25) is 4.79 Å². The summed E-state index contributed by atoms with van der Waals surface area (Å²) in [6.07, 6.45) is -0.730. The Bertz CT molecular complexity index is 664. The van der Waals surface area contributed by atoms with Gasteiger partial charge in [-0.05, 0) is 24.6 Å². The van der Waals surface area contributed by atoms with Crippen molar-refractivity contribution in [3.05, 3.63) is 40.2 Å². The number of aromatic amines is 1. The van der Waals surface area contributed by atoms with Crippen LogP contribution in [0.4, 0.5) is 0 Å². The highest BCUT2D eigenvalue weighted by Gasteiger charge is 2.20. The van der Waals surface area contributed by atoms with Gasteiger partial charge in [0.05, 0.1) is 11.6 Å². The number of H-pyrrole nitrogens is 1. The lowest BCUT2D eigenvalue weighted by atomic mass is 9.98. The molecule has 0 bridgehead atoms. The number of hydrogen-bond donors (Lipinski definition) is 4. The van der Waals surface area contributed by atoms with Crippen LogP contribution in [0.3, 0.4) is 0 Å². The van der Waals surface area contributed by atoms with Crippen molar-refractivity contribution in [3.8, 4) is 5.75 Å². The Labute approximate surface area is 117 Å². The van der Waals surface area contributed by atoms with Crippen molar-refractivity contribution in [2.75, 3.05) is 0 Å². The van der Waals surface area contributed by atoms with E-state index >= 15 is 0 Å². The van der Waals surface area contributed by atoms with Crippen LogP contribution in [0.1, 0.15) is 32.4 Å². The zero-order valence-corrected chi connectivity index (χ0v) is 11.8. The van der Waals surface area contributed by atoms with Crippen molar-refractivity contribution in [2.24, 2.45) is 0 Å². The summed E-state index contributed by atoms with van der Waals surface area (Å²) in [5.41, 5.74) is 0.744. The smallest absolute Gasteiger partial charge is 0.248 e. The van der Waals surface area contributed by atoms with E-state index < -0.39 is 6.10 Å². The normalized spacial score (nSPS) is 14.7. The first-order valence-electron chi connectivity index (χ1n) is 6.69. The monoisotopic (exact) mass is 276 g/mol. The minimum Gasteiger partial charge on any atom is -0.506 e. The van der Waals surface area contributed by atoms with Crippen LogP contribution in [0, 0.1) is 0 Å². The zero-order chi connectivity index (χ0) is 14.9. The molecule has 0 saturated carbocycles. The molecular weight excluding hydrogens is 256 g/mol. The fraction of sp³-hybridized carbons (Fsp3) is 0.400. The molecule has 0 aliphatic rings. The van der Waals surface area contributed by atoms with Gasteiger partial charge in [-0.25, -0.2) is 0 Å². The standard InChI is InChI=1S/C15H20N2O3/c1-8(2)16-9(3)15(20)11-4-6-12(18)14-10(11)5-7-13(19)17-14/h4-9,15-16,18,20H,1-3H3,(H,17,19)/t9-,15+/m1/s1. The number of aliphatic hydroxyl groups excluding tert-OH is 1. The first-order valence-corrected chi connectivity index (χ1v) is 6.69. The Kier molecular flexibility index (Phi) is 4.11. The summed E-state index contributed by atoms with van der Waals surface area (Å²) < 4.78 is 0. The van der Waals surface area contributed by atoms with Crippen molar-refractivity contribution in [2.45, 2.75) is 39.0 Å². The zero-order valence-electron chi connectivity index (χ0n) is 11.8. The molecule has 0 aliphatic heterocycles. The van der Waals surface area contributed by atoms with Crippen molar-refractivity contribution in [1.82, 2.24) is 10.3 Å². The molecule has 0 unspecified atom stereocenters. The molecule has 0 fully saturated rings. The van der Waals surface area contributed by atoms with E-state index in [2.05, 4.69) is 10.3 Å². The maximum Gasteiger partial charge on any atom is 0.248 e. The third kappa shape index (κ3) is 2.84. The number of pyridine rings is 1. The van der Waals surface area contributed by atoms with Crippen LogP contribution in [-0.4, -0.2) is 27.3 Å². The van der Waals surface area contributed by atoms with Gasteiger partial charge in [0.25, 0.3) is 0 Å². The molecule has 20 heavy (non-hydrogen) atoms. The largest absolute Gasteiger partial charge is 0.506 e. The van der Waals surface area contributed by atoms with E-state index in [0.717, 1.165) is 0 Å². The molecule has 1 heterocycles. The van der Waals surface area contributed by atoms with Gasteiger partial charge in [-0.1, -0.05) is 19.9 Å². The molecular formula is C15H20N2O3. The Morgan fingerprint density at radius 3 is 2.50 bits per heavy atom. The lowest BCUT2D eigenvalue weighted by Crippen LogP contribution is -2.37. The van der Waals surface area contributed by atoms with E-state index in [-0.39, 0.29) is 23.4 Å². The van der Waals surface area contributed by atoms with E-state index in [9.17, 15) is 15.0 Å². The summed E-state index contributed by atoms with van der Waals surface area (Å²) in [4.78, 5) is 14.0. The van der Waals surface area contributed by atoms with Crippen molar-refractivity contribution in [1.29, 1.82) is 0 Å². The van der Waals surface area contributed by atoms with E-state index in [4.69, 9.17) is 0 Å². The SMILES string of the molecule is CC(C)N[C@H](C)[C@H](O)c1ccc(O)c2[nH]c(=O)ccc12. The number of aromatic hydroxyl groups is 1. The number of benzene rings is 1. The number of nitrogens with one attached hydrogen (secondary N) is 2. The fourth-order valence-electron chi connectivity index (χ4n) is 2.40. The molecule has 0 amide bonds. The van der Waals surface area contributed by atoms with Crippen molar-refractivity contribution < 1.29 is 10.2 Å². The number of fused-ring (bicyclic) bond motifs is 1. The summed E-state index contributed by atoms with van der Waals surface area (Å²) >= 11 is 0. The molecule has 4 N–H and O–H groups in total. The Hall–Kier alpha value is -1.85. The topological polar surface area (TPSA) is 85.3 Å². The lowest BCUT2D eigenvalue weighted by Gasteiger charge is -2.24. The van der Waals surface area contributed by atoms with Gasteiger partial charge in [0, 0.05) is 23.5 Å². The van der Waals surface area contributed by atoms with E-state index in [0.29, 0.717) is 16.5 Å². The quantitative estimate of drug-likeness (QED) is 0.684. The first kappa shape index (κ1) is 14.6. The highest BCUT2D eigenvalue weighted by molar-refractivity contribution is 5.87. The molecule has 1 aromatic carbocycles. The van der Waals surface area contributed by atoms with Gasteiger partial charge >= 0.3 is 0 Å². The van der Waals surface area contributed by atoms with Crippen molar-refractivity contribution >= 4 is 10.9 Å². The van der Waals surface area contributed by atoms with Gasteiger partial charge in [-0.2, -0.15) is 0 Å². The van der Waals surface area contributed by atoms with Crippen LogP contribution < -0.4 is 10.9 Å². The third-order valence-corrected chi connectivity index (χ3v) is 3.30. The highest BCUT2D eigenvalue weighted by Crippen LogP contribution is 2.30. The van der Waals surface area contributed by atoms with Crippen LogP contribution in [0.25, 0.3) is 10.9 Å². The number of phenols is 1. The molecule has 1 aromatic heterocycles. The summed E-state index contributed by atoms with van der Waals surface area (Å²) in [7, 11) is 0. The van der Waals surface area contributed by atoms with Gasteiger partial charge < -0.3 is 20.5 Å². The molecule has 0 saturated heterocycles. The average Bonchev–Trinajstić information content (AvgIpc) is 2.38. The van der Waals surface area contributed by atoms with Gasteiger partial charge in [0.15, 0.2) is 0 Å². The first-order chi connectivity index (χ1) is 9.40. The van der Waals surface area contributed by atoms with Crippen LogP contribution in [-0.2, 0) is 0 Å². The average molecular weight is 276 g/mol. The Morgan fingerprint density at radius 1 is 1.15 bits per heavy atom.